The highest BCUT2D eigenvalue weighted by atomic mass is 79.9. The summed E-state index contributed by atoms with van der Waals surface area (Å²) in [6.45, 7) is 0.606. The Morgan fingerprint density at radius 2 is 2.12 bits per heavy atom. The maximum Gasteiger partial charge on any atom is 0.246 e. The average Bonchev–Trinajstić information content (AvgIpc) is 3.06. The molecule has 2 heterocycles. The van der Waals surface area contributed by atoms with Gasteiger partial charge in [-0.15, -0.1) is 0 Å². The third kappa shape index (κ3) is 4.08. The number of rotatable bonds is 5. The van der Waals surface area contributed by atoms with E-state index in [0.29, 0.717) is 23.9 Å². The van der Waals surface area contributed by atoms with Gasteiger partial charge in [0.1, 0.15) is 16.7 Å². The summed E-state index contributed by atoms with van der Waals surface area (Å²) in [4.78, 5) is 4.21. The van der Waals surface area contributed by atoms with E-state index in [4.69, 9.17) is 21.1 Å². The minimum absolute atomic E-state index is 0.0601. The monoisotopic (exact) mass is 446 g/mol. The first kappa shape index (κ1) is 18.4. The lowest BCUT2D eigenvalue weighted by Crippen LogP contribution is -2.31. The van der Waals surface area contributed by atoms with E-state index in [1.54, 1.807) is 24.4 Å². The topological polar surface area (TPSA) is 68.7 Å². The first-order chi connectivity index (χ1) is 11.9. The number of pyridine rings is 1. The van der Waals surface area contributed by atoms with Crippen LogP contribution in [0.25, 0.3) is 0 Å². The molecule has 2 aromatic rings. The second-order valence-electron chi connectivity index (χ2n) is 5.50. The lowest BCUT2D eigenvalue weighted by Gasteiger charge is -2.18. The molecule has 1 aromatic carbocycles. The molecule has 134 valence electrons. The van der Waals surface area contributed by atoms with Crippen molar-refractivity contribution in [1.82, 2.24) is 9.29 Å². The van der Waals surface area contributed by atoms with Crippen molar-refractivity contribution < 1.29 is 17.9 Å². The Labute approximate surface area is 159 Å². The van der Waals surface area contributed by atoms with E-state index in [2.05, 4.69) is 20.9 Å². The molecular formula is C16H16BrClN2O4S. The minimum Gasteiger partial charge on any atom is -0.495 e. The number of hydrogen-bond donors (Lipinski definition) is 0. The molecule has 0 amide bonds. The van der Waals surface area contributed by atoms with Gasteiger partial charge in [-0.05, 0) is 46.6 Å². The zero-order valence-electron chi connectivity index (χ0n) is 13.4. The lowest BCUT2D eigenvalue weighted by molar-refractivity contribution is 0.207. The van der Waals surface area contributed by atoms with Gasteiger partial charge in [-0.2, -0.15) is 4.31 Å². The Morgan fingerprint density at radius 1 is 1.32 bits per heavy atom. The second kappa shape index (κ2) is 7.49. The van der Waals surface area contributed by atoms with Crippen LogP contribution in [0.1, 0.15) is 6.42 Å². The zero-order valence-corrected chi connectivity index (χ0v) is 16.5. The third-order valence-electron chi connectivity index (χ3n) is 3.84. The summed E-state index contributed by atoms with van der Waals surface area (Å²) >= 11 is 9.27. The van der Waals surface area contributed by atoms with E-state index in [1.807, 2.05) is 6.07 Å². The summed E-state index contributed by atoms with van der Waals surface area (Å²) in [5.41, 5.74) is 0. The number of sulfonamides is 1. The molecule has 1 aliphatic heterocycles. The van der Waals surface area contributed by atoms with Crippen LogP contribution in [-0.2, 0) is 10.0 Å². The molecule has 1 saturated heterocycles. The summed E-state index contributed by atoms with van der Waals surface area (Å²) in [5.74, 6) is 0.733. The summed E-state index contributed by atoms with van der Waals surface area (Å²) < 4.78 is 39.0. The van der Waals surface area contributed by atoms with Gasteiger partial charge in [0.2, 0.25) is 15.9 Å². The largest absolute Gasteiger partial charge is 0.495 e. The van der Waals surface area contributed by atoms with Crippen molar-refractivity contribution in [3.63, 3.8) is 0 Å². The number of benzene rings is 1. The van der Waals surface area contributed by atoms with Gasteiger partial charge in [0.25, 0.3) is 0 Å². The molecule has 9 heteroatoms. The fraction of sp³-hybridized carbons (Fsp3) is 0.312. The summed E-state index contributed by atoms with van der Waals surface area (Å²) in [7, 11) is -2.29. The molecule has 1 atom stereocenters. The quantitative estimate of drug-likeness (QED) is 0.703. The standard InChI is InChI=1S/C16H16BrClN2O4S/c1-23-14-4-3-12(18)8-15(14)25(21,22)20-7-6-13(10-20)24-16-5-2-11(17)9-19-16/h2-5,8-9,13H,6-7,10H2,1H3. The predicted octanol–water partition coefficient (Wildman–Crippen LogP) is 3.35. The molecule has 6 nitrogen and oxygen atoms in total. The van der Waals surface area contributed by atoms with Crippen LogP contribution in [0.5, 0.6) is 11.6 Å². The second-order valence-corrected chi connectivity index (χ2v) is 8.76. The van der Waals surface area contributed by atoms with Crippen molar-refractivity contribution in [3.05, 3.63) is 46.0 Å². The average molecular weight is 448 g/mol. The number of halogens is 2. The van der Waals surface area contributed by atoms with Gasteiger partial charge in [-0.3, -0.25) is 0 Å². The molecular weight excluding hydrogens is 432 g/mol. The van der Waals surface area contributed by atoms with E-state index in [1.165, 1.54) is 17.5 Å². The maximum atomic E-state index is 12.9. The van der Waals surface area contributed by atoms with E-state index in [0.717, 1.165) is 4.47 Å². The van der Waals surface area contributed by atoms with Gasteiger partial charge in [-0.25, -0.2) is 13.4 Å². The van der Waals surface area contributed by atoms with Crippen LogP contribution in [0.3, 0.4) is 0 Å². The van der Waals surface area contributed by atoms with Crippen LogP contribution >= 0.6 is 27.5 Å². The Bertz CT molecular complexity index is 861. The Balaban J connectivity index is 1.76. The molecule has 0 N–H and O–H groups in total. The minimum atomic E-state index is -3.72. The molecule has 1 aliphatic rings. The molecule has 1 unspecified atom stereocenters. The molecule has 0 aliphatic carbocycles. The number of nitrogens with zero attached hydrogens (tertiary/aromatic N) is 2. The molecule has 1 fully saturated rings. The van der Waals surface area contributed by atoms with E-state index >= 15 is 0 Å². The van der Waals surface area contributed by atoms with Crippen LogP contribution in [0, 0.1) is 0 Å². The van der Waals surface area contributed by atoms with Crippen molar-refractivity contribution in [2.45, 2.75) is 17.4 Å². The number of ether oxygens (including phenoxy) is 2. The van der Waals surface area contributed by atoms with Gasteiger partial charge in [0.15, 0.2) is 0 Å². The van der Waals surface area contributed by atoms with E-state index < -0.39 is 10.0 Å². The van der Waals surface area contributed by atoms with Crippen molar-refractivity contribution in [1.29, 1.82) is 0 Å². The fourth-order valence-corrected chi connectivity index (χ4v) is 4.75. The third-order valence-corrected chi connectivity index (χ3v) is 6.43. The summed E-state index contributed by atoms with van der Waals surface area (Å²) in [5, 5.41) is 0.338. The lowest BCUT2D eigenvalue weighted by atomic mass is 10.3. The Kier molecular flexibility index (Phi) is 5.52. The molecule has 0 bridgehead atoms. The summed E-state index contributed by atoms with van der Waals surface area (Å²) in [6.07, 6.45) is 1.96. The SMILES string of the molecule is COc1ccc(Cl)cc1S(=O)(=O)N1CCC(Oc2ccc(Br)cn2)C1. The molecule has 0 saturated carbocycles. The number of aromatic nitrogens is 1. The molecule has 0 spiro atoms. The van der Waals surface area contributed by atoms with Crippen LogP contribution in [0.4, 0.5) is 0 Å². The normalized spacial score (nSPS) is 18.3. The van der Waals surface area contributed by atoms with Crippen LogP contribution < -0.4 is 9.47 Å². The van der Waals surface area contributed by atoms with E-state index in [-0.39, 0.29) is 23.3 Å². The van der Waals surface area contributed by atoms with Gasteiger partial charge in [0, 0.05) is 28.3 Å². The molecule has 25 heavy (non-hydrogen) atoms. The first-order valence-electron chi connectivity index (χ1n) is 7.52. The van der Waals surface area contributed by atoms with Gasteiger partial charge in [0.05, 0.1) is 13.7 Å². The van der Waals surface area contributed by atoms with Crippen LogP contribution in [0.15, 0.2) is 45.9 Å². The Hall–Kier alpha value is -1.35. The van der Waals surface area contributed by atoms with Gasteiger partial charge >= 0.3 is 0 Å². The fourth-order valence-electron chi connectivity index (χ4n) is 2.61. The van der Waals surface area contributed by atoms with Crippen molar-refractivity contribution in [2.75, 3.05) is 20.2 Å². The number of hydrogen-bond acceptors (Lipinski definition) is 5. The molecule has 0 radical (unpaired) electrons. The zero-order chi connectivity index (χ0) is 18.0. The highest BCUT2D eigenvalue weighted by molar-refractivity contribution is 9.10. The number of methoxy groups -OCH3 is 1. The Morgan fingerprint density at radius 3 is 2.80 bits per heavy atom. The smallest absolute Gasteiger partial charge is 0.246 e. The molecule has 3 rings (SSSR count). The van der Waals surface area contributed by atoms with Crippen LogP contribution in [0.2, 0.25) is 5.02 Å². The van der Waals surface area contributed by atoms with Gasteiger partial charge in [-0.1, -0.05) is 11.6 Å². The van der Waals surface area contributed by atoms with Crippen molar-refractivity contribution in [3.8, 4) is 11.6 Å². The molecule has 1 aromatic heterocycles. The van der Waals surface area contributed by atoms with Crippen LogP contribution in [-0.4, -0.2) is 44.0 Å². The highest BCUT2D eigenvalue weighted by Gasteiger charge is 2.35. The maximum absolute atomic E-state index is 12.9. The first-order valence-corrected chi connectivity index (χ1v) is 10.1. The predicted molar refractivity (Wildman–Crippen MR) is 97.7 cm³/mol. The van der Waals surface area contributed by atoms with Gasteiger partial charge < -0.3 is 9.47 Å². The van der Waals surface area contributed by atoms with E-state index in [9.17, 15) is 8.42 Å². The highest BCUT2D eigenvalue weighted by Crippen LogP contribution is 2.31. The summed E-state index contributed by atoms with van der Waals surface area (Å²) in [6, 6.07) is 8.10. The van der Waals surface area contributed by atoms with Crippen molar-refractivity contribution in [2.24, 2.45) is 0 Å². The van der Waals surface area contributed by atoms with Crippen molar-refractivity contribution >= 4 is 37.6 Å².